The van der Waals surface area contributed by atoms with Gasteiger partial charge in [0.2, 0.25) is 5.88 Å². The number of nitrogens with zero attached hydrogens (tertiary/aromatic N) is 6. The van der Waals surface area contributed by atoms with Gasteiger partial charge in [0.15, 0.2) is 5.82 Å². The van der Waals surface area contributed by atoms with Gasteiger partial charge in [0.05, 0.1) is 18.4 Å². The first-order chi connectivity index (χ1) is 15.0. The van der Waals surface area contributed by atoms with Crippen molar-refractivity contribution in [1.82, 2.24) is 30.1 Å². The van der Waals surface area contributed by atoms with Crippen LogP contribution in [0.3, 0.4) is 0 Å². The summed E-state index contributed by atoms with van der Waals surface area (Å²) in [7, 11) is 1.56. The number of carbonyl (C=O) groups is 1. The molecule has 2 atom stereocenters. The Morgan fingerprint density at radius 1 is 1.19 bits per heavy atom. The maximum absolute atomic E-state index is 13.5. The molecule has 9 nitrogen and oxygen atoms in total. The Morgan fingerprint density at radius 2 is 1.97 bits per heavy atom. The van der Waals surface area contributed by atoms with Gasteiger partial charge in [0.25, 0.3) is 5.91 Å². The van der Waals surface area contributed by atoms with E-state index in [9.17, 15) is 9.90 Å². The summed E-state index contributed by atoms with van der Waals surface area (Å²) in [6.45, 7) is 1.81. The average molecular weight is 420 g/mol. The van der Waals surface area contributed by atoms with E-state index in [1.807, 2.05) is 48.2 Å². The highest BCUT2D eigenvalue weighted by Crippen LogP contribution is 2.47. The summed E-state index contributed by atoms with van der Waals surface area (Å²) in [6, 6.07) is 10.9. The molecular formula is C22H24N6O3. The predicted molar refractivity (Wildman–Crippen MR) is 111 cm³/mol. The number of methoxy groups -OCH3 is 1. The molecule has 1 aromatic carbocycles. The Balaban J connectivity index is 1.42. The van der Waals surface area contributed by atoms with Crippen molar-refractivity contribution in [2.45, 2.75) is 50.3 Å². The molecule has 0 saturated carbocycles. The fourth-order valence-corrected chi connectivity index (χ4v) is 5.07. The quantitative estimate of drug-likeness (QED) is 0.688. The van der Waals surface area contributed by atoms with Gasteiger partial charge in [-0.25, -0.2) is 4.98 Å². The molecule has 2 saturated heterocycles. The molecule has 2 aliphatic rings. The number of fused-ring (bicyclic) bond motifs is 2. The topological polar surface area (TPSA) is 106 Å². The second kappa shape index (κ2) is 7.42. The van der Waals surface area contributed by atoms with Crippen LogP contribution >= 0.6 is 0 Å². The molecule has 31 heavy (non-hydrogen) atoms. The SMILES string of the molecule is COc1ncccc1C1(O)CC2CCC(C1)N2C(=O)c1cccc(-n2nnnc2C)c1. The minimum Gasteiger partial charge on any atom is -0.481 e. The third-order valence-electron chi connectivity index (χ3n) is 6.43. The number of aryl methyl sites for hydroxylation is 1. The molecule has 2 unspecified atom stereocenters. The number of ether oxygens (including phenoxy) is 1. The number of carbonyl (C=O) groups excluding carboxylic acids is 1. The highest BCUT2D eigenvalue weighted by Gasteiger charge is 2.51. The van der Waals surface area contributed by atoms with Gasteiger partial charge in [-0.2, -0.15) is 4.68 Å². The van der Waals surface area contributed by atoms with Gasteiger partial charge >= 0.3 is 0 Å². The van der Waals surface area contributed by atoms with Crippen molar-refractivity contribution in [3.63, 3.8) is 0 Å². The number of aromatic nitrogens is 5. The number of piperidine rings is 1. The second-order valence-electron chi connectivity index (χ2n) is 8.29. The molecule has 1 N–H and O–H groups in total. The third-order valence-corrected chi connectivity index (χ3v) is 6.43. The first kappa shape index (κ1) is 19.6. The van der Waals surface area contributed by atoms with E-state index in [-0.39, 0.29) is 18.0 Å². The molecule has 2 fully saturated rings. The minimum atomic E-state index is -1.06. The maximum atomic E-state index is 13.5. The fraction of sp³-hybridized carbons (Fsp3) is 0.409. The van der Waals surface area contributed by atoms with Crippen molar-refractivity contribution in [1.29, 1.82) is 0 Å². The molecule has 0 aliphatic carbocycles. The number of amides is 1. The molecule has 2 aliphatic heterocycles. The monoisotopic (exact) mass is 420 g/mol. The van der Waals surface area contributed by atoms with Crippen LogP contribution in [0.15, 0.2) is 42.6 Å². The number of benzene rings is 1. The van der Waals surface area contributed by atoms with E-state index in [1.54, 1.807) is 18.0 Å². The highest BCUT2D eigenvalue weighted by molar-refractivity contribution is 5.95. The van der Waals surface area contributed by atoms with E-state index in [2.05, 4.69) is 20.5 Å². The number of hydrogen-bond acceptors (Lipinski definition) is 7. The average Bonchev–Trinajstić information content (AvgIpc) is 3.34. The zero-order valence-electron chi connectivity index (χ0n) is 17.5. The van der Waals surface area contributed by atoms with Crippen LogP contribution in [0.2, 0.25) is 0 Å². The Hall–Kier alpha value is -3.33. The largest absolute Gasteiger partial charge is 0.481 e. The van der Waals surface area contributed by atoms with Crippen molar-refractivity contribution in [3.8, 4) is 11.6 Å². The van der Waals surface area contributed by atoms with Gasteiger partial charge in [0.1, 0.15) is 0 Å². The standard InChI is InChI=1S/C22H24N6O3/c1-14-24-25-26-28(14)16-6-3-5-15(11-16)21(29)27-17-8-9-18(27)13-22(30,12-17)19-7-4-10-23-20(19)31-2/h3-7,10-11,17-18,30H,8-9,12-13H2,1-2H3. The Kier molecular flexibility index (Phi) is 4.70. The summed E-state index contributed by atoms with van der Waals surface area (Å²) in [6.07, 6.45) is 4.31. The lowest BCUT2D eigenvalue weighted by Gasteiger charge is -2.44. The molecule has 3 aromatic rings. The van der Waals surface area contributed by atoms with Gasteiger partial charge in [-0.15, -0.1) is 5.10 Å². The molecule has 160 valence electrons. The van der Waals surface area contributed by atoms with Crippen molar-refractivity contribution in [2.24, 2.45) is 0 Å². The van der Waals surface area contributed by atoms with E-state index in [4.69, 9.17) is 4.74 Å². The van der Waals surface area contributed by atoms with Crippen molar-refractivity contribution in [2.75, 3.05) is 7.11 Å². The van der Waals surface area contributed by atoms with Crippen molar-refractivity contribution in [3.05, 3.63) is 59.5 Å². The van der Waals surface area contributed by atoms with E-state index in [0.717, 1.165) is 18.5 Å². The van der Waals surface area contributed by atoms with Crippen LogP contribution in [0.4, 0.5) is 0 Å². The molecule has 9 heteroatoms. The van der Waals surface area contributed by atoms with Crippen LogP contribution in [0.1, 0.15) is 47.4 Å². The molecule has 5 rings (SSSR count). The van der Waals surface area contributed by atoms with Crippen LogP contribution in [0.25, 0.3) is 5.69 Å². The van der Waals surface area contributed by atoms with Crippen LogP contribution in [0.5, 0.6) is 5.88 Å². The molecule has 4 heterocycles. The summed E-state index contributed by atoms with van der Waals surface area (Å²) < 4.78 is 6.99. The van der Waals surface area contributed by atoms with Crippen molar-refractivity contribution >= 4 is 5.91 Å². The van der Waals surface area contributed by atoms with Gasteiger partial charge in [0, 0.05) is 42.2 Å². The first-order valence-corrected chi connectivity index (χ1v) is 10.4. The first-order valence-electron chi connectivity index (χ1n) is 10.4. The molecule has 0 radical (unpaired) electrons. The Bertz CT molecular complexity index is 1120. The molecular weight excluding hydrogens is 396 g/mol. The van der Waals surface area contributed by atoms with Gasteiger partial charge in [-0.05, 0) is 60.5 Å². The highest BCUT2D eigenvalue weighted by atomic mass is 16.5. The van der Waals surface area contributed by atoms with E-state index in [0.29, 0.717) is 35.7 Å². The van der Waals surface area contributed by atoms with Gasteiger partial charge in [-0.3, -0.25) is 4.79 Å². The van der Waals surface area contributed by atoms with Crippen LogP contribution in [-0.4, -0.2) is 60.3 Å². The zero-order chi connectivity index (χ0) is 21.6. The second-order valence-corrected chi connectivity index (χ2v) is 8.29. The fourth-order valence-electron chi connectivity index (χ4n) is 5.07. The predicted octanol–water partition coefficient (Wildman–Crippen LogP) is 2.03. The molecule has 0 spiro atoms. The van der Waals surface area contributed by atoms with Crippen LogP contribution < -0.4 is 4.74 Å². The van der Waals surface area contributed by atoms with Crippen LogP contribution in [-0.2, 0) is 5.60 Å². The van der Waals surface area contributed by atoms with Gasteiger partial charge < -0.3 is 14.7 Å². The van der Waals surface area contributed by atoms with Crippen molar-refractivity contribution < 1.29 is 14.6 Å². The lowest BCUT2D eigenvalue weighted by atomic mass is 9.80. The Morgan fingerprint density at radius 3 is 2.65 bits per heavy atom. The van der Waals surface area contributed by atoms with E-state index in [1.165, 1.54) is 0 Å². The summed E-state index contributed by atoms with van der Waals surface area (Å²) >= 11 is 0. The summed E-state index contributed by atoms with van der Waals surface area (Å²) in [5, 5.41) is 23.1. The summed E-state index contributed by atoms with van der Waals surface area (Å²) in [4.78, 5) is 19.7. The number of rotatable bonds is 4. The normalized spacial score (nSPS) is 24.9. The van der Waals surface area contributed by atoms with E-state index >= 15 is 0 Å². The lowest BCUT2D eigenvalue weighted by molar-refractivity contribution is -0.0494. The number of aliphatic hydroxyl groups is 1. The van der Waals surface area contributed by atoms with Crippen LogP contribution in [0, 0.1) is 6.92 Å². The summed E-state index contributed by atoms with van der Waals surface area (Å²) in [5.74, 6) is 1.06. The Labute approximate surface area is 179 Å². The maximum Gasteiger partial charge on any atom is 0.254 e. The lowest BCUT2D eigenvalue weighted by Crippen LogP contribution is -2.52. The molecule has 2 bridgehead atoms. The number of tetrazole rings is 1. The zero-order valence-corrected chi connectivity index (χ0v) is 17.5. The third kappa shape index (κ3) is 3.25. The van der Waals surface area contributed by atoms with E-state index < -0.39 is 5.60 Å². The number of pyridine rings is 1. The molecule has 1 amide bonds. The minimum absolute atomic E-state index is 0.0275. The smallest absolute Gasteiger partial charge is 0.254 e. The molecule has 2 aromatic heterocycles. The summed E-state index contributed by atoms with van der Waals surface area (Å²) in [5.41, 5.74) is 0.966. The van der Waals surface area contributed by atoms with Gasteiger partial charge in [-0.1, -0.05) is 6.07 Å². The number of hydrogen-bond donors (Lipinski definition) is 1.